The molecule has 5 nitrogen and oxygen atoms in total. The van der Waals surface area contributed by atoms with E-state index in [-0.39, 0.29) is 5.69 Å². The summed E-state index contributed by atoms with van der Waals surface area (Å²) in [4.78, 5) is 12.3. The number of anilines is 1. The first-order chi connectivity index (χ1) is 10.6. The van der Waals surface area contributed by atoms with Crippen LogP contribution in [0.2, 0.25) is 0 Å². The Morgan fingerprint density at radius 3 is 2.52 bits per heavy atom. The van der Waals surface area contributed by atoms with Gasteiger partial charge in [0.05, 0.1) is 17.2 Å². The molecular formula is C15H16F3N3O2. The van der Waals surface area contributed by atoms with Crippen LogP contribution in [0.15, 0.2) is 18.2 Å². The van der Waals surface area contributed by atoms with E-state index in [1.165, 1.54) is 6.07 Å². The van der Waals surface area contributed by atoms with Crippen molar-refractivity contribution in [1.82, 2.24) is 10.2 Å². The molecule has 2 aromatic rings. The van der Waals surface area contributed by atoms with E-state index in [0.29, 0.717) is 17.3 Å². The lowest BCUT2D eigenvalue weighted by Crippen LogP contribution is -2.20. The molecule has 0 spiro atoms. The van der Waals surface area contributed by atoms with Gasteiger partial charge in [-0.2, -0.15) is 18.3 Å². The molecule has 8 heteroatoms. The van der Waals surface area contributed by atoms with Crippen molar-refractivity contribution < 1.29 is 23.1 Å². The Balaban J connectivity index is 2.24. The number of nitrogens with one attached hydrogen (secondary N) is 2. The fraction of sp³-hybridized carbons (Fsp3) is 0.333. The summed E-state index contributed by atoms with van der Waals surface area (Å²) in [5.74, 6) is -1.93. The maximum atomic E-state index is 12.8. The summed E-state index contributed by atoms with van der Waals surface area (Å²) in [7, 11) is 0. The highest BCUT2D eigenvalue weighted by atomic mass is 19.4. The van der Waals surface area contributed by atoms with Crippen molar-refractivity contribution in [3.8, 4) is 5.75 Å². The number of carbonyl (C=O) groups is 1. The van der Waals surface area contributed by atoms with Crippen molar-refractivity contribution in [2.24, 2.45) is 0 Å². The number of aryl methyl sites for hydroxylation is 2. The van der Waals surface area contributed by atoms with E-state index in [9.17, 15) is 23.1 Å². The molecule has 0 radical (unpaired) electrons. The molecule has 2 rings (SSSR count). The van der Waals surface area contributed by atoms with Gasteiger partial charge in [-0.15, -0.1) is 0 Å². The maximum Gasteiger partial charge on any atom is 0.420 e. The molecular weight excluding hydrogens is 311 g/mol. The lowest BCUT2D eigenvalue weighted by molar-refractivity contribution is -0.138. The van der Waals surface area contributed by atoms with Gasteiger partial charge in [-0.05, 0) is 39.0 Å². The number of aromatic nitrogens is 2. The van der Waals surface area contributed by atoms with E-state index < -0.39 is 29.3 Å². The van der Waals surface area contributed by atoms with Gasteiger partial charge in [0, 0.05) is 16.9 Å². The number of aromatic hydroxyl groups is 1. The smallest absolute Gasteiger partial charge is 0.420 e. The molecule has 0 saturated carbocycles. The third-order valence-electron chi connectivity index (χ3n) is 3.58. The fourth-order valence-corrected chi connectivity index (χ4v) is 2.42. The average molecular weight is 327 g/mol. The van der Waals surface area contributed by atoms with Gasteiger partial charge in [0.1, 0.15) is 5.75 Å². The zero-order valence-electron chi connectivity index (χ0n) is 12.7. The van der Waals surface area contributed by atoms with Crippen LogP contribution in [0.25, 0.3) is 0 Å². The third kappa shape index (κ3) is 3.46. The Labute approximate surface area is 130 Å². The van der Waals surface area contributed by atoms with E-state index in [4.69, 9.17) is 0 Å². The highest BCUT2D eigenvalue weighted by molar-refractivity contribution is 5.96. The number of phenols is 1. The minimum atomic E-state index is -4.70. The second-order valence-electron chi connectivity index (χ2n) is 5.29. The predicted octanol–water partition coefficient (Wildman–Crippen LogP) is 3.49. The molecule has 1 amide bonds. The molecule has 23 heavy (non-hydrogen) atoms. The Morgan fingerprint density at radius 1 is 1.35 bits per heavy atom. The Kier molecular flexibility index (Phi) is 4.35. The number of alkyl halides is 3. The van der Waals surface area contributed by atoms with Crippen LogP contribution in [-0.2, 0) is 11.0 Å². The summed E-state index contributed by atoms with van der Waals surface area (Å²) in [5.41, 5.74) is 0.861. The summed E-state index contributed by atoms with van der Waals surface area (Å²) >= 11 is 0. The van der Waals surface area contributed by atoms with Crippen LogP contribution in [0.4, 0.5) is 18.9 Å². The highest BCUT2D eigenvalue weighted by Crippen LogP contribution is 2.37. The molecule has 0 aliphatic carbocycles. The SMILES string of the molecule is Cc1n[nH]c(C)c1[C@H](C)C(=O)Nc1ccc(O)c(C(F)(F)F)c1. The van der Waals surface area contributed by atoms with Crippen LogP contribution < -0.4 is 5.32 Å². The van der Waals surface area contributed by atoms with Gasteiger partial charge >= 0.3 is 6.18 Å². The molecule has 3 N–H and O–H groups in total. The molecule has 0 bridgehead atoms. The molecule has 1 aromatic heterocycles. The van der Waals surface area contributed by atoms with E-state index in [0.717, 1.165) is 11.8 Å². The number of hydrogen-bond acceptors (Lipinski definition) is 3. The van der Waals surface area contributed by atoms with Gasteiger partial charge in [0.15, 0.2) is 0 Å². The summed E-state index contributed by atoms with van der Waals surface area (Å²) in [6.07, 6.45) is -4.70. The summed E-state index contributed by atoms with van der Waals surface area (Å²) in [6, 6.07) is 2.82. The first-order valence-corrected chi connectivity index (χ1v) is 6.83. The molecule has 0 aliphatic rings. The average Bonchev–Trinajstić information content (AvgIpc) is 2.78. The second-order valence-corrected chi connectivity index (χ2v) is 5.29. The molecule has 0 unspecified atom stereocenters. The minimum Gasteiger partial charge on any atom is -0.507 e. The number of hydrogen-bond donors (Lipinski definition) is 3. The van der Waals surface area contributed by atoms with Crippen molar-refractivity contribution in [3.05, 3.63) is 40.7 Å². The quantitative estimate of drug-likeness (QED) is 0.755. The van der Waals surface area contributed by atoms with Crippen LogP contribution in [0.5, 0.6) is 5.75 Å². The summed E-state index contributed by atoms with van der Waals surface area (Å²) in [6.45, 7) is 5.15. The number of benzene rings is 1. The number of amides is 1. The number of carbonyl (C=O) groups excluding carboxylic acids is 1. The highest BCUT2D eigenvalue weighted by Gasteiger charge is 2.34. The van der Waals surface area contributed by atoms with Gasteiger partial charge in [-0.25, -0.2) is 0 Å². The van der Waals surface area contributed by atoms with E-state index in [2.05, 4.69) is 15.5 Å². The zero-order valence-corrected chi connectivity index (χ0v) is 12.7. The number of aromatic amines is 1. The van der Waals surface area contributed by atoms with Crippen molar-refractivity contribution in [2.45, 2.75) is 32.9 Å². The Hall–Kier alpha value is -2.51. The number of rotatable bonds is 3. The molecule has 0 saturated heterocycles. The standard InChI is InChI=1S/C15H16F3N3O2/c1-7(13-8(2)20-21-9(13)3)14(23)19-10-4-5-12(22)11(6-10)15(16,17)18/h4-7,22H,1-3H3,(H,19,23)(H,20,21)/t7-/m0/s1. The van der Waals surface area contributed by atoms with Crippen LogP contribution >= 0.6 is 0 Å². The van der Waals surface area contributed by atoms with E-state index >= 15 is 0 Å². The van der Waals surface area contributed by atoms with Crippen LogP contribution in [-0.4, -0.2) is 21.2 Å². The van der Waals surface area contributed by atoms with Gasteiger partial charge in [-0.1, -0.05) is 0 Å². The normalized spacial score (nSPS) is 13.0. The lowest BCUT2D eigenvalue weighted by atomic mass is 9.98. The van der Waals surface area contributed by atoms with E-state index in [1.807, 2.05) is 0 Å². The number of H-pyrrole nitrogens is 1. The Morgan fingerprint density at radius 2 is 2.00 bits per heavy atom. The van der Waals surface area contributed by atoms with Crippen molar-refractivity contribution in [2.75, 3.05) is 5.32 Å². The largest absolute Gasteiger partial charge is 0.507 e. The van der Waals surface area contributed by atoms with Gasteiger partial charge in [0.2, 0.25) is 5.91 Å². The second kappa shape index (κ2) is 5.94. The van der Waals surface area contributed by atoms with Crippen LogP contribution in [0.3, 0.4) is 0 Å². The summed E-state index contributed by atoms with van der Waals surface area (Å²) in [5, 5.41) is 18.5. The number of nitrogens with zero attached hydrogens (tertiary/aromatic N) is 1. The zero-order chi connectivity index (χ0) is 17.4. The van der Waals surface area contributed by atoms with Crippen LogP contribution in [0, 0.1) is 13.8 Å². The van der Waals surface area contributed by atoms with Crippen molar-refractivity contribution in [1.29, 1.82) is 0 Å². The van der Waals surface area contributed by atoms with Gasteiger partial charge < -0.3 is 10.4 Å². The van der Waals surface area contributed by atoms with Crippen LogP contribution in [0.1, 0.15) is 35.4 Å². The number of halogens is 3. The first kappa shape index (κ1) is 16.9. The fourth-order valence-electron chi connectivity index (χ4n) is 2.42. The van der Waals surface area contributed by atoms with E-state index in [1.54, 1.807) is 20.8 Å². The predicted molar refractivity (Wildman–Crippen MR) is 78.2 cm³/mol. The molecule has 0 aliphatic heterocycles. The molecule has 124 valence electrons. The van der Waals surface area contributed by atoms with Gasteiger partial charge in [-0.3, -0.25) is 9.89 Å². The first-order valence-electron chi connectivity index (χ1n) is 6.83. The lowest BCUT2D eigenvalue weighted by Gasteiger charge is -2.15. The maximum absolute atomic E-state index is 12.8. The molecule has 1 heterocycles. The van der Waals surface area contributed by atoms with Crippen molar-refractivity contribution in [3.63, 3.8) is 0 Å². The topological polar surface area (TPSA) is 78.0 Å². The molecule has 1 aromatic carbocycles. The molecule has 0 fully saturated rings. The Bertz CT molecular complexity index is 719. The monoisotopic (exact) mass is 327 g/mol. The molecule has 1 atom stereocenters. The van der Waals surface area contributed by atoms with Gasteiger partial charge in [0.25, 0.3) is 0 Å². The summed E-state index contributed by atoms with van der Waals surface area (Å²) < 4.78 is 38.3. The number of phenolic OH excluding ortho intramolecular Hbond substituents is 1. The van der Waals surface area contributed by atoms with Crippen molar-refractivity contribution >= 4 is 11.6 Å². The minimum absolute atomic E-state index is 0.0363. The third-order valence-corrected chi connectivity index (χ3v) is 3.58.